The second-order valence-corrected chi connectivity index (χ2v) is 11.3. The van der Waals surface area contributed by atoms with Gasteiger partial charge in [0, 0.05) is 36.5 Å². The van der Waals surface area contributed by atoms with Gasteiger partial charge in [-0.2, -0.15) is 0 Å². The Morgan fingerprint density at radius 3 is 2.43 bits per heavy atom. The van der Waals surface area contributed by atoms with Gasteiger partial charge in [0.1, 0.15) is 23.9 Å². The van der Waals surface area contributed by atoms with E-state index in [0.29, 0.717) is 24.8 Å². The lowest BCUT2D eigenvalue weighted by atomic mass is 10.0. The Hall–Kier alpha value is -4.38. The molecule has 0 saturated carbocycles. The number of aromatic amines is 1. The number of carbonyl (C=O) groups is 4. The van der Waals surface area contributed by atoms with Crippen molar-refractivity contribution in [1.82, 2.24) is 20.5 Å². The van der Waals surface area contributed by atoms with Crippen LogP contribution in [-0.2, 0) is 32.0 Å². The van der Waals surface area contributed by atoms with Gasteiger partial charge in [-0.1, -0.05) is 44.2 Å². The van der Waals surface area contributed by atoms with E-state index in [1.165, 1.54) is 17.0 Å². The molecule has 42 heavy (non-hydrogen) atoms. The maximum Gasteiger partial charge on any atom is 0.326 e. The highest BCUT2D eigenvalue weighted by atomic mass is 16.4. The molecule has 4 atom stereocenters. The van der Waals surface area contributed by atoms with E-state index in [2.05, 4.69) is 15.6 Å². The molecule has 1 aromatic heterocycles. The molecule has 1 saturated heterocycles. The molecule has 1 aliphatic rings. The van der Waals surface area contributed by atoms with Crippen molar-refractivity contribution in [3.63, 3.8) is 0 Å². The number of nitrogens with one attached hydrogen (secondary N) is 3. The number of H-pyrrole nitrogens is 1. The van der Waals surface area contributed by atoms with Gasteiger partial charge in [-0.05, 0) is 54.5 Å². The van der Waals surface area contributed by atoms with Crippen molar-refractivity contribution in [3.8, 4) is 5.75 Å². The van der Waals surface area contributed by atoms with Crippen LogP contribution in [0.3, 0.4) is 0 Å². The summed E-state index contributed by atoms with van der Waals surface area (Å²) < 4.78 is 0. The topological polar surface area (TPSA) is 178 Å². The molecule has 11 nitrogen and oxygen atoms in total. The van der Waals surface area contributed by atoms with Crippen LogP contribution < -0.4 is 16.4 Å². The molecule has 3 aromatic rings. The summed E-state index contributed by atoms with van der Waals surface area (Å²) in [4.78, 5) is 56.9. The van der Waals surface area contributed by atoms with Gasteiger partial charge in [0.25, 0.3) is 0 Å². The van der Waals surface area contributed by atoms with Crippen molar-refractivity contribution in [2.45, 2.75) is 70.1 Å². The molecule has 1 aliphatic heterocycles. The maximum absolute atomic E-state index is 13.9. The summed E-state index contributed by atoms with van der Waals surface area (Å²) in [5, 5.41) is 25.9. The molecule has 0 aliphatic carbocycles. The number of para-hydroxylation sites is 1. The highest BCUT2D eigenvalue weighted by Gasteiger charge is 2.39. The molecule has 1 fully saturated rings. The van der Waals surface area contributed by atoms with Crippen molar-refractivity contribution in [1.29, 1.82) is 0 Å². The number of nitrogens with zero attached hydrogens (tertiary/aromatic N) is 1. The lowest BCUT2D eigenvalue weighted by molar-refractivity contribution is -0.144. The normalized spacial score (nSPS) is 17.1. The smallest absolute Gasteiger partial charge is 0.326 e. The number of phenolic OH excluding ortho intramolecular Hbond substituents is 1. The van der Waals surface area contributed by atoms with Crippen molar-refractivity contribution in [3.05, 3.63) is 65.9 Å². The fourth-order valence-corrected chi connectivity index (χ4v) is 5.45. The third-order valence-corrected chi connectivity index (χ3v) is 7.60. The third kappa shape index (κ3) is 7.47. The number of aromatic hydroxyl groups is 1. The molecule has 224 valence electrons. The average Bonchev–Trinajstić information content (AvgIpc) is 3.60. The van der Waals surface area contributed by atoms with Crippen LogP contribution in [0.25, 0.3) is 10.9 Å². The van der Waals surface area contributed by atoms with Crippen LogP contribution in [0.4, 0.5) is 0 Å². The number of hydrogen-bond donors (Lipinski definition) is 6. The number of carbonyl (C=O) groups excluding carboxylic acids is 3. The minimum Gasteiger partial charge on any atom is -0.508 e. The fraction of sp³-hybridized carbons (Fsp3) is 0.419. The van der Waals surface area contributed by atoms with Gasteiger partial charge in [-0.3, -0.25) is 14.4 Å². The van der Waals surface area contributed by atoms with E-state index in [-0.39, 0.29) is 31.1 Å². The molecule has 0 bridgehead atoms. The van der Waals surface area contributed by atoms with Crippen LogP contribution in [0.5, 0.6) is 5.75 Å². The first-order valence-corrected chi connectivity index (χ1v) is 14.3. The number of carboxylic acids is 1. The predicted molar refractivity (Wildman–Crippen MR) is 157 cm³/mol. The van der Waals surface area contributed by atoms with Gasteiger partial charge >= 0.3 is 5.97 Å². The quantitative estimate of drug-likeness (QED) is 0.191. The molecule has 7 N–H and O–H groups in total. The Balaban J connectivity index is 1.50. The largest absolute Gasteiger partial charge is 0.508 e. The monoisotopic (exact) mass is 577 g/mol. The SMILES string of the molecule is CC(C)CC(N)C(=O)NC(Cc1ccc(O)cc1)C(=O)N1CCCC1C(=O)NC(Cc1c[nH]c2ccccc12)C(=O)O. The number of aliphatic carboxylic acids is 1. The molecule has 4 unspecified atom stereocenters. The highest BCUT2D eigenvalue weighted by Crippen LogP contribution is 2.22. The van der Waals surface area contributed by atoms with Gasteiger partial charge in [0.2, 0.25) is 17.7 Å². The number of carboxylic acid groups (broad SMARTS) is 1. The second-order valence-electron chi connectivity index (χ2n) is 11.3. The maximum atomic E-state index is 13.9. The van der Waals surface area contributed by atoms with Gasteiger partial charge in [0.05, 0.1) is 6.04 Å². The summed E-state index contributed by atoms with van der Waals surface area (Å²) in [6.07, 6.45) is 3.29. The minimum atomic E-state index is -1.20. The second kappa shape index (κ2) is 13.5. The van der Waals surface area contributed by atoms with E-state index >= 15 is 0 Å². The number of amides is 3. The number of rotatable bonds is 12. The van der Waals surface area contributed by atoms with Crippen LogP contribution in [0, 0.1) is 5.92 Å². The summed E-state index contributed by atoms with van der Waals surface area (Å²) in [6, 6.07) is 9.92. The van der Waals surface area contributed by atoms with Gasteiger partial charge in [-0.25, -0.2) is 4.79 Å². The van der Waals surface area contributed by atoms with Crippen molar-refractivity contribution in [2.24, 2.45) is 11.7 Å². The Morgan fingerprint density at radius 2 is 1.74 bits per heavy atom. The zero-order chi connectivity index (χ0) is 30.4. The number of benzene rings is 2. The summed E-state index contributed by atoms with van der Waals surface area (Å²) in [6.45, 7) is 4.18. The first kappa shape index (κ1) is 30.6. The van der Waals surface area contributed by atoms with Crippen LogP contribution in [-0.4, -0.2) is 74.5 Å². The van der Waals surface area contributed by atoms with Gasteiger partial charge in [0.15, 0.2) is 0 Å². The molecule has 0 spiro atoms. The molecule has 4 rings (SSSR count). The van der Waals surface area contributed by atoms with Gasteiger partial charge < -0.3 is 36.5 Å². The minimum absolute atomic E-state index is 0.0685. The van der Waals surface area contributed by atoms with Crippen molar-refractivity contribution in [2.75, 3.05) is 6.54 Å². The number of nitrogens with two attached hydrogens (primary N) is 1. The molecule has 11 heteroatoms. The molecular weight excluding hydrogens is 538 g/mol. The zero-order valence-corrected chi connectivity index (χ0v) is 23.9. The zero-order valence-electron chi connectivity index (χ0n) is 23.9. The standard InChI is InChI=1S/C31H39N5O6/c1-18(2)14-23(32)28(38)34-25(15-19-9-11-21(37)12-10-19)30(40)36-13-5-8-27(36)29(39)35-26(31(41)42)16-20-17-33-24-7-4-3-6-22(20)24/h3-4,6-7,9-12,17-18,23,25-27,33,37H,5,8,13-16,32H2,1-2H3,(H,34,38)(H,35,39)(H,41,42). The Kier molecular flexibility index (Phi) is 9.84. The third-order valence-electron chi connectivity index (χ3n) is 7.60. The summed E-state index contributed by atoms with van der Waals surface area (Å²) in [5.74, 6) is -2.41. The first-order chi connectivity index (χ1) is 20.0. The predicted octanol–water partition coefficient (Wildman–Crippen LogP) is 2.08. The van der Waals surface area contributed by atoms with E-state index in [1.807, 2.05) is 38.1 Å². The number of fused-ring (bicyclic) bond motifs is 1. The number of hydrogen-bond acceptors (Lipinski definition) is 6. The molecular formula is C31H39N5O6. The molecule has 3 amide bonds. The Labute approximate surface area is 244 Å². The van der Waals surface area contributed by atoms with Crippen LogP contribution in [0.2, 0.25) is 0 Å². The van der Waals surface area contributed by atoms with Gasteiger partial charge in [-0.15, -0.1) is 0 Å². The lowest BCUT2D eigenvalue weighted by Gasteiger charge is -2.30. The summed E-state index contributed by atoms with van der Waals surface area (Å²) >= 11 is 0. The van der Waals surface area contributed by atoms with Crippen LogP contribution >= 0.6 is 0 Å². The van der Waals surface area contributed by atoms with E-state index in [4.69, 9.17) is 5.73 Å². The number of likely N-dealkylation sites (tertiary alicyclic amines) is 1. The fourth-order valence-electron chi connectivity index (χ4n) is 5.45. The lowest BCUT2D eigenvalue weighted by Crippen LogP contribution is -2.57. The van der Waals surface area contributed by atoms with Crippen molar-refractivity contribution >= 4 is 34.6 Å². The van der Waals surface area contributed by atoms with E-state index in [1.54, 1.807) is 18.3 Å². The summed E-state index contributed by atoms with van der Waals surface area (Å²) in [5.41, 5.74) is 8.42. The Morgan fingerprint density at radius 1 is 1.02 bits per heavy atom. The highest BCUT2D eigenvalue weighted by molar-refractivity contribution is 5.95. The first-order valence-electron chi connectivity index (χ1n) is 14.3. The molecule has 0 radical (unpaired) electrons. The molecule has 2 heterocycles. The molecule has 2 aromatic carbocycles. The number of phenols is 1. The Bertz CT molecular complexity index is 1420. The van der Waals surface area contributed by atoms with Crippen molar-refractivity contribution < 1.29 is 29.4 Å². The van der Waals surface area contributed by atoms with E-state index in [9.17, 15) is 29.4 Å². The van der Waals surface area contributed by atoms with E-state index in [0.717, 1.165) is 16.5 Å². The van der Waals surface area contributed by atoms with Crippen LogP contribution in [0.1, 0.15) is 44.2 Å². The average molecular weight is 578 g/mol. The van der Waals surface area contributed by atoms with E-state index < -0.39 is 47.9 Å². The number of aromatic nitrogens is 1. The summed E-state index contributed by atoms with van der Waals surface area (Å²) in [7, 11) is 0. The van der Waals surface area contributed by atoms with Crippen LogP contribution in [0.15, 0.2) is 54.7 Å².